The van der Waals surface area contributed by atoms with E-state index in [4.69, 9.17) is 4.74 Å². The summed E-state index contributed by atoms with van der Waals surface area (Å²) in [6.45, 7) is 1.67. The summed E-state index contributed by atoms with van der Waals surface area (Å²) in [6.07, 6.45) is 4.47. The Hall–Kier alpha value is -2.40. The van der Waals surface area contributed by atoms with Gasteiger partial charge in [0.1, 0.15) is 17.3 Å². The van der Waals surface area contributed by atoms with Crippen LogP contribution in [-0.4, -0.2) is 30.0 Å². The molecule has 3 aromatic rings. The van der Waals surface area contributed by atoms with Gasteiger partial charge in [0.05, 0.1) is 12.1 Å². The van der Waals surface area contributed by atoms with Crippen LogP contribution in [0.25, 0.3) is 22.2 Å². The van der Waals surface area contributed by atoms with E-state index in [1.165, 1.54) is 18.9 Å². The van der Waals surface area contributed by atoms with Gasteiger partial charge >= 0.3 is 0 Å². The number of hydrogen-bond acceptors (Lipinski definition) is 3. The number of hydrogen-bond donors (Lipinski definition) is 1. The van der Waals surface area contributed by atoms with Crippen LogP contribution in [0.3, 0.4) is 0 Å². The van der Waals surface area contributed by atoms with Gasteiger partial charge in [-0.1, -0.05) is 31.0 Å². The molecule has 3 rings (SSSR count). The lowest BCUT2D eigenvalue weighted by molar-refractivity contribution is 0.303. The first-order valence-electron chi connectivity index (χ1n) is 9.20. The lowest BCUT2D eigenvalue weighted by Gasteiger charge is -2.08. The van der Waals surface area contributed by atoms with E-state index < -0.39 is 0 Å². The van der Waals surface area contributed by atoms with Crippen molar-refractivity contribution in [2.24, 2.45) is 7.05 Å². The average Bonchev–Trinajstić information content (AvgIpc) is 2.98. The highest BCUT2D eigenvalue weighted by Crippen LogP contribution is 2.31. The van der Waals surface area contributed by atoms with E-state index in [-0.39, 0.29) is 5.82 Å². The number of unbranched alkanes of at least 4 members (excludes halogenated alkanes) is 3. The van der Waals surface area contributed by atoms with Gasteiger partial charge in [-0.15, -0.1) is 0 Å². The van der Waals surface area contributed by atoms with Crippen LogP contribution in [0.2, 0.25) is 0 Å². The van der Waals surface area contributed by atoms with Crippen molar-refractivity contribution in [3.63, 3.8) is 0 Å². The molecule has 1 aromatic heterocycles. The quantitative estimate of drug-likeness (QED) is 0.573. The Morgan fingerprint density at radius 2 is 1.88 bits per heavy atom. The molecule has 138 valence electrons. The van der Waals surface area contributed by atoms with Crippen molar-refractivity contribution in [3.05, 3.63) is 48.3 Å². The molecule has 0 aliphatic carbocycles. The van der Waals surface area contributed by atoms with Crippen molar-refractivity contribution in [1.29, 1.82) is 0 Å². The first kappa shape index (κ1) is 18.4. The summed E-state index contributed by atoms with van der Waals surface area (Å²) in [4.78, 5) is 0. The Bertz CT molecular complexity index is 860. The molecule has 1 N–H and O–H groups in total. The molecule has 0 unspecified atom stereocenters. The van der Waals surface area contributed by atoms with Gasteiger partial charge in [0.25, 0.3) is 0 Å². The van der Waals surface area contributed by atoms with E-state index in [0.717, 1.165) is 30.3 Å². The van der Waals surface area contributed by atoms with Crippen molar-refractivity contribution in [2.75, 3.05) is 20.2 Å². The predicted molar refractivity (Wildman–Crippen MR) is 104 cm³/mol. The zero-order valence-electron chi connectivity index (χ0n) is 15.5. The second-order valence-electron chi connectivity index (χ2n) is 6.50. The first-order chi connectivity index (χ1) is 12.7. The largest absolute Gasteiger partial charge is 0.493 e. The van der Waals surface area contributed by atoms with Crippen LogP contribution >= 0.6 is 0 Å². The zero-order chi connectivity index (χ0) is 18.4. The maximum absolute atomic E-state index is 14.7. The number of para-hydroxylation sites is 1. The minimum atomic E-state index is -0.305. The molecule has 1 heterocycles. The molecule has 5 heteroatoms. The summed E-state index contributed by atoms with van der Waals surface area (Å²) in [5, 5.41) is 8.58. The number of benzene rings is 2. The van der Waals surface area contributed by atoms with Crippen molar-refractivity contribution in [3.8, 4) is 17.0 Å². The highest BCUT2D eigenvalue weighted by Gasteiger charge is 2.14. The summed E-state index contributed by atoms with van der Waals surface area (Å²) < 4.78 is 22.1. The Kier molecular flexibility index (Phi) is 6.23. The highest BCUT2D eigenvalue weighted by molar-refractivity contribution is 5.93. The Morgan fingerprint density at radius 1 is 1.08 bits per heavy atom. The molecule has 0 aliphatic heterocycles. The van der Waals surface area contributed by atoms with Crippen LogP contribution in [0.4, 0.5) is 4.39 Å². The fraction of sp³-hybridized carbons (Fsp3) is 0.381. The third-order valence-corrected chi connectivity index (χ3v) is 4.54. The van der Waals surface area contributed by atoms with Crippen molar-refractivity contribution in [2.45, 2.75) is 25.7 Å². The minimum Gasteiger partial charge on any atom is -0.493 e. The molecular weight excluding hydrogens is 329 g/mol. The number of nitrogens with zero attached hydrogens (tertiary/aromatic N) is 2. The predicted octanol–water partition coefficient (Wildman–Crippen LogP) is 4.54. The summed E-state index contributed by atoms with van der Waals surface area (Å²) in [6, 6.07) is 12.9. The molecule has 0 aliphatic rings. The molecule has 0 saturated carbocycles. The van der Waals surface area contributed by atoms with E-state index in [1.807, 2.05) is 44.4 Å². The second kappa shape index (κ2) is 8.81. The smallest absolute Gasteiger partial charge is 0.136 e. The number of fused-ring (bicyclic) bond motifs is 1. The van der Waals surface area contributed by atoms with Gasteiger partial charge in [-0.25, -0.2) is 4.39 Å². The normalized spacial score (nSPS) is 11.2. The van der Waals surface area contributed by atoms with Gasteiger partial charge in [0.15, 0.2) is 0 Å². The molecule has 0 saturated heterocycles. The molecule has 0 spiro atoms. The Labute approximate surface area is 154 Å². The van der Waals surface area contributed by atoms with E-state index in [2.05, 4.69) is 10.4 Å². The van der Waals surface area contributed by atoms with Gasteiger partial charge in [-0.05, 0) is 44.6 Å². The van der Waals surface area contributed by atoms with E-state index in [1.54, 1.807) is 10.7 Å². The molecule has 0 atom stereocenters. The van der Waals surface area contributed by atoms with Crippen LogP contribution in [0, 0.1) is 5.82 Å². The highest BCUT2D eigenvalue weighted by atomic mass is 19.1. The molecular formula is C21H26FN3O. The average molecular weight is 355 g/mol. The number of nitrogens with one attached hydrogen (secondary N) is 1. The number of ether oxygens (including phenoxy) is 1. The maximum atomic E-state index is 14.7. The first-order valence-corrected chi connectivity index (χ1v) is 9.20. The SMILES string of the molecule is CNCCCCCCOc1ccc(-c2nn(C)c3ccccc23)c(F)c1. The third-order valence-electron chi connectivity index (χ3n) is 4.54. The van der Waals surface area contributed by atoms with E-state index in [9.17, 15) is 4.39 Å². The van der Waals surface area contributed by atoms with Crippen molar-refractivity contribution < 1.29 is 9.13 Å². The molecule has 0 amide bonds. The summed E-state index contributed by atoms with van der Waals surface area (Å²) in [5.74, 6) is 0.266. The van der Waals surface area contributed by atoms with Gasteiger partial charge in [0, 0.05) is 24.1 Å². The minimum absolute atomic E-state index is 0.305. The molecule has 0 fully saturated rings. The van der Waals surface area contributed by atoms with E-state index >= 15 is 0 Å². The summed E-state index contributed by atoms with van der Waals surface area (Å²) >= 11 is 0. The summed E-state index contributed by atoms with van der Waals surface area (Å²) in [7, 11) is 3.84. The van der Waals surface area contributed by atoms with Crippen LogP contribution in [0.5, 0.6) is 5.75 Å². The monoisotopic (exact) mass is 355 g/mol. The van der Waals surface area contributed by atoms with Crippen LogP contribution < -0.4 is 10.1 Å². The van der Waals surface area contributed by atoms with Crippen molar-refractivity contribution in [1.82, 2.24) is 15.1 Å². The number of halogens is 1. The fourth-order valence-electron chi connectivity index (χ4n) is 3.14. The zero-order valence-corrected chi connectivity index (χ0v) is 15.5. The molecule has 2 aromatic carbocycles. The topological polar surface area (TPSA) is 39.1 Å². The second-order valence-corrected chi connectivity index (χ2v) is 6.50. The Balaban J connectivity index is 1.64. The van der Waals surface area contributed by atoms with Gasteiger partial charge in [0.2, 0.25) is 0 Å². The van der Waals surface area contributed by atoms with Gasteiger partial charge < -0.3 is 10.1 Å². The molecule has 26 heavy (non-hydrogen) atoms. The summed E-state index contributed by atoms with van der Waals surface area (Å²) in [5.41, 5.74) is 2.15. The molecule has 0 radical (unpaired) electrons. The van der Waals surface area contributed by atoms with Gasteiger partial charge in [-0.2, -0.15) is 5.10 Å². The Morgan fingerprint density at radius 3 is 2.69 bits per heavy atom. The number of rotatable bonds is 9. The number of aromatic nitrogens is 2. The van der Waals surface area contributed by atoms with Crippen LogP contribution in [0.15, 0.2) is 42.5 Å². The standard InChI is InChI=1S/C21H26FN3O/c1-23-13-7-3-4-8-14-26-16-11-12-17(19(22)15-16)21-18-9-5-6-10-20(18)25(2)24-21/h5-6,9-12,15,23H,3-4,7-8,13-14H2,1-2H3. The fourth-order valence-corrected chi connectivity index (χ4v) is 3.14. The maximum Gasteiger partial charge on any atom is 0.136 e. The van der Waals surface area contributed by atoms with E-state index in [0.29, 0.717) is 23.6 Å². The lowest BCUT2D eigenvalue weighted by Crippen LogP contribution is -2.07. The van der Waals surface area contributed by atoms with Gasteiger partial charge in [-0.3, -0.25) is 4.68 Å². The van der Waals surface area contributed by atoms with Crippen LogP contribution in [-0.2, 0) is 7.05 Å². The number of aryl methyl sites for hydroxylation is 1. The van der Waals surface area contributed by atoms with Crippen LogP contribution in [0.1, 0.15) is 25.7 Å². The third kappa shape index (κ3) is 4.22. The molecule has 4 nitrogen and oxygen atoms in total. The molecule has 0 bridgehead atoms. The lowest BCUT2D eigenvalue weighted by atomic mass is 10.1. The van der Waals surface area contributed by atoms with Crippen molar-refractivity contribution >= 4 is 10.9 Å².